The Balaban J connectivity index is 1.55. The van der Waals surface area contributed by atoms with E-state index in [1.54, 1.807) is 19.9 Å². The van der Waals surface area contributed by atoms with Crippen molar-refractivity contribution in [1.29, 1.82) is 0 Å². The maximum absolute atomic E-state index is 16.0. The predicted octanol–water partition coefficient (Wildman–Crippen LogP) is 13.0. The molecule has 2 aromatic rings. The van der Waals surface area contributed by atoms with Gasteiger partial charge >= 0.3 is 11.9 Å². The van der Waals surface area contributed by atoms with Gasteiger partial charge in [-0.25, -0.2) is 14.0 Å². The van der Waals surface area contributed by atoms with Gasteiger partial charge in [0.2, 0.25) is 0 Å². The largest absolute Gasteiger partial charge is 0.493 e. The Morgan fingerprint density at radius 3 is 1.95 bits per heavy atom. The lowest BCUT2D eigenvalue weighted by Gasteiger charge is -2.37. The van der Waals surface area contributed by atoms with E-state index in [1.165, 1.54) is 38.5 Å². The molecule has 0 unspecified atom stereocenters. The Morgan fingerprint density at radius 2 is 1.40 bits per heavy atom. The van der Waals surface area contributed by atoms with E-state index in [-0.39, 0.29) is 44.8 Å². The number of benzene rings is 2. The summed E-state index contributed by atoms with van der Waals surface area (Å²) in [5.41, 5.74) is 8.25. The van der Waals surface area contributed by atoms with Crippen LogP contribution in [-0.4, -0.2) is 55.2 Å². The van der Waals surface area contributed by atoms with Gasteiger partial charge in [-0.15, -0.1) is 0 Å². The van der Waals surface area contributed by atoms with Crippen LogP contribution in [0, 0.1) is 29.5 Å². The van der Waals surface area contributed by atoms with Crippen molar-refractivity contribution < 1.29 is 38.4 Å². The summed E-state index contributed by atoms with van der Waals surface area (Å²) in [6.45, 7) is 22.1. The molecular weight excluding hydrogens is 792 g/mol. The number of hydrogen-bond donors (Lipinski definition) is 2. The van der Waals surface area contributed by atoms with Gasteiger partial charge < -0.3 is 24.4 Å². The van der Waals surface area contributed by atoms with Gasteiger partial charge in [0, 0.05) is 35.8 Å². The van der Waals surface area contributed by atoms with Crippen LogP contribution in [0.1, 0.15) is 154 Å². The number of aliphatic hydroxyl groups is 2. The van der Waals surface area contributed by atoms with Crippen LogP contribution < -0.4 is 0 Å². The number of esters is 2. The molecule has 0 aromatic heterocycles. The predicted molar refractivity (Wildman–Crippen MR) is 254 cm³/mol. The number of hydrogen-bond acceptors (Lipinski definition) is 7. The summed E-state index contributed by atoms with van der Waals surface area (Å²) in [5, 5.41) is 19.5. The minimum absolute atomic E-state index is 0.151. The average Bonchev–Trinajstić information content (AvgIpc) is 3.29. The van der Waals surface area contributed by atoms with Crippen molar-refractivity contribution in [2.24, 2.45) is 23.7 Å². The van der Waals surface area contributed by atoms with E-state index in [0.717, 1.165) is 76.0 Å². The van der Waals surface area contributed by atoms with Gasteiger partial charge in [-0.3, -0.25) is 0 Å². The molecular formula is C55H77FO7. The summed E-state index contributed by atoms with van der Waals surface area (Å²) in [6, 6.07) is 12.1. The molecule has 2 aliphatic rings. The second-order valence-electron chi connectivity index (χ2n) is 18.3. The molecule has 0 saturated heterocycles. The lowest BCUT2D eigenvalue weighted by molar-refractivity contribution is -0.139. The van der Waals surface area contributed by atoms with Crippen molar-refractivity contribution in [1.82, 2.24) is 0 Å². The fourth-order valence-corrected chi connectivity index (χ4v) is 9.33. The van der Waals surface area contributed by atoms with E-state index < -0.39 is 11.9 Å². The van der Waals surface area contributed by atoms with Crippen LogP contribution in [0.15, 0.2) is 90.3 Å². The highest BCUT2D eigenvalue weighted by Gasteiger charge is 2.31. The number of allylic oxidation sites excluding steroid dienone is 4. The lowest BCUT2D eigenvalue weighted by Crippen LogP contribution is -2.24. The molecule has 0 bridgehead atoms. The standard InChI is InChI=1S/C55H77FO7/c1-9-42(13-11-30-62-54(59)37(3)4)53(61-32-29-41(35-57)36-58)47(14-12-31-63-55(60)38(5)6)20-17-40(8)50-27-26-49(33-43(50)10-2)51-28-25-48(34-52(51)56)46-23-21-45(22-24-46)44-18-15-39(7)16-19-44/h20,25-28,33-34,39,41,44-46,57-58H,3,5,8-19,21-24,29-32,35-36H2,1-2,4,6-7H3/b47-20-,53-42-. The van der Waals surface area contributed by atoms with E-state index in [9.17, 15) is 19.8 Å². The summed E-state index contributed by atoms with van der Waals surface area (Å²) in [4.78, 5) is 24.3. The normalized spacial score (nSPS) is 19.6. The van der Waals surface area contributed by atoms with Gasteiger partial charge in [0.1, 0.15) is 11.6 Å². The highest BCUT2D eigenvalue weighted by molar-refractivity contribution is 5.87. The molecule has 0 aliphatic heterocycles. The van der Waals surface area contributed by atoms with Crippen LogP contribution in [-0.2, 0) is 30.2 Å². The smallest absolute Gasteiger partial charge is 0.333 e. The molecule has 2 fully saturated rings. The Hall–Kier alpha value is -4.27. The van der Waals surface area contributed by atoms with Crippen LogP contribution in [0.2, 0.25) is 0 Å². The van der Waals surface area contributed by atoms with E-state index in [2.05, 4.69) is 64.8 Å². The highest BCUT2D eigenvalue weighted by atomic mass is 19.1. The monoisotopic (exact) mass is 869 g/mol. The first-order chi connectivity index (χ1) is 30.3. The molecule has 0 radical (unpaired) electrons. The zero-order valence-corrected chi connectivity index (χ0v) is 39.2. The molecule has 0 atom stereocenters. The second-order valence-corrected chi connectivity index (χ2v) is 18.3. The number of halogens is 1. The van der Waals surface area contributed by atoms with Crippen molar-refractivity contribution in [3.8, 4) is 11.1 Å². The van der Waals surface area contributed by atoms with E-state index in [0.29, 0.717) is 73.3 Å². The van der Waals surface area contributed by atoms with Crippen LogP contribution in [0.4, 0.5) is 4.39 Å². The molecule has 0 heterocycles. The van der Waals surface area contributed by atoms with E-state index in [4.69, 9.17) is 14.2 Å². The maximum Gasteiger partial charge on any atom is 0.333 e. The minimum Gasteiger partial charge on any atom is -0.493 e. The van der Waals surface area contributed by atoms with Crippen molar-refractivity contribution >= 4 is 17.5 Å². The molecule has 346 valence electrons. The SMILES string of the molecule is C=C(C)C(=O)OCCCC(=C/CC(=C)c1ccc(-c2ccc(C3CCC(C4CCC(C)CC4)CC3)cc2F)cc1CC)/C(OCCC(CO)CO)=C(\CC)CCCOC(=O)C(=C)C. The minimum atomic E-state index is -0.438. The molecule has 2 aliphatic carbocycles. The van der Waals surface area contributed by atoms with Gasteiger partial charge in [0.05, 0.1) is 19.8 Å². The number of rotatable bonds is 25. The molecule has 0 amide bonds. The second kappa shape index (κ2) is 26.5. The topological polar surface area (TPSA) is 102 Å². The quantitative estimate of drug-likeness (QED) is 0.0337. The Bertz CT molecular complexity index is 1900. The van der Waals surface area contributed by atoms with Gasteiger partial charge in [-0.1, -0.05) is 89.8 Å². The highest BCUT2D eigenvalue weighted by Crippen LogP contribution is 2.44. The summed E-state index contributed by atoms with van der Waals surface area (Å²) >= 11 is 0. The zero-order chi connectivity index (χ0) is 45.9. The summed E-state index contributed by atoms with van der Waals surface area (Å²) in [5.74, 6) is 2.38. The Kier molecular flexibility index (Phi) is 21.6. The van der Waals surface area contributed by atoms with Crippen LogP contribution in [0.5, 0.6) is 0 Å². The first-order valence-corrected chi connectivity index (χ1v) is 23.8. The number of aryl methyl sites for hydroxylation is 1. The molecule has 2 saturated carbocycles. The first-order valence-electron chi connectivity index (χ1n) is 23.8. The van der Waals surface area contributed by atoms with Crippen molar-refractivity contribution in [2.45, 2.75) is 143 Å². The molecule has 0 spiro atoms. The number of ether oxygens (including phenoxy) is 3. The maximum atomic E-state index is 16.0. The molecule has 63 heavy (non-hydrogen) atoms. The van der Waals surface area contributed by atoms with Gasteiger partial charge in [0.25, 0.3) is 0 Å². The fourth-order valence-electron chi connectivity index (χ4n) is 9.33. The van der Waals surface area contributed by atoms with Crippen LogP contribution in [0.3, 0.4) is 0 Å². The molecule has 4 rings (SSSR count). The first kappa shape index (κ1) is 51.4. The zero-order valence-electron chi connectivity index (χ0n) is 39.2. The number of carbonyl (C=O) groups excluding carboxylic acids is 2. The van der Waals surface area contributed by atoms with E-state index in [1.807, 2.05) is 12.1 Å². The van der Waals surface area contributed by atoms with Crippen molar-refractivity contribution in [3.05, 3.63) is 113 Å². The van der Waals surface area contributed by atoms with Crippen molar-refractivity contribution in [2.75, 3.05) is 33.0 Å². The fraction of sp³-hybridized carbons (Fsp3) is 0.564. The van der Waals surface area contributed by atoms with Gasteiger partial charge in [0.15, 0.2) is 0 Å². The molecule has 2 N–H and O–H groups in total. The number of carbonyl (C=O) groups is 2. The Labute approximate surface area is 378 Å². The summed E-state index contributed by atoms with van der Waals surface area (Å²) in [6.07, 6.45) is 17.1. The average molecular weight is 869 g/mol. The summed E-state index contributed by atoms with van der Waals surface area (Å²) in [7, 11) is 0. The molecule has 7 nitrogen and oxygen atoms in total. The molecule has 8 heteroatoms. The lowest BCUT2D eigenvalue weighted by atomic mass is 9.68. The van der Waals surface area contributed by atoms with E-state index >= 15 is 4.39 Å². The van der Waals surface area contributed by atoms with Crippen molar-refractivity contribution in [3.63, 3.8) is 0 Å². The summed E-state index contributed by atoms with van der Waals surface area (Å²) < 4.78 is 33.4. The van der Waals surface area contributed by atoms with Gasteiger partial charge in [-0.2, -0.15) is 0 Å². The Morgan fingerprint density at radius 1 is 0.794 bits per heavy atom. The third-order valence-electron chi connectivity index (χ3n) is 13.4. The van der Waals surface area contributed by atoms with Crippen LogP contribution >= 0.6 is 0 Å². The van der Waals surface area contributed by atoms with Gasteiger partial charge in [-0.05, 0) is 172 Å². The van der Waals surface area contributed by atoms with Crippen LogP contribution in [0.25, 0.3) is 16.7 Å². The third kappa shape index (κ3) is 15.7. The number of aliphatic hydroxyl groups excluding tert-OH is 2. The molecule has 2 aromatic carbocycles. The third-order valence-corrected chi connectivity index (χ3v) is 13.4.